The standard InChI is InChI=1S/C24H30O4/c1-17(14-20-12-7-6-8-13-20)10-9-11-18(2)21-16-24(15-19(21)3,22(25)27-4)23(26)28-5/h6-8,10,12-13,21H,2-3,9,11,14-16H2,1,4-5H3/b17-10+. The molecular weight excluding hydrogens is 352 g/mol. The monoisotopic (exact) mass is 382 g/mol. The van der Waals surface area contributed by atoms with Crippen LogP contribution >= 0.6 is 0 Å². The van der Waals surface area contributed by atoms with Crippen LogP contribution < -0.4 is 0 Å². The molecule has 0 aromatic heterocycles. The van der Waals surface area contributed by atoms with E-state index in [4.69, 9.17) is 9.47 Å². The molecular formula is C24H30O4. The second kappa shape index (κ2) is 9.54. The summed E-state index contributed by atoms with van der Waals surface area (Å²) in [5.41, 5.74) is 3.13. The number of ether oxygens (including phenoxy) is 2. The normalized spacial score (nSPS) is 18.6. The molecule has 0 spiro atoms. The molecule has 0 radical (unpaired) electrons. The van der Waals surface area contributed by atoms with Crippen LogP contribution in [0, 0.1) is 11.3 Å². The minimum absolute atomic E-state index is 0.0824. The van der Waals surface area contributed by atoms with Crippen LogP contribution in [-0.2, 0) is 25.5 Å². The molecule has 0 heterocycles. The highest BCUT2D eigenvalue weighted by molar-refractivity contribution is 6.01. The van der Waals surface area contributed by atoms with Gasteiger partial charge in [0.2, 0.25) is 0 Å². The smallest absolute Gasteiger partial charge is 0.323 e. The Labute approximate surface area is 167 Å². The van der Waals surface area contributed by atoms with E-state index in [9.17, 15) is 9.59 Å². The van der Waals surface area contributed by atoms with Gasteiger partial charge in [0.05, 0.1) is 14.2 Å². The molecule has 150 valence electrons. The van der Waals surface area contributed by atoms with Gasteiger partial charge in [-0.25, -0.2) is 0 Å². The molecule has 2 rings (SSSR count). The first-order valence-corrected chi connectivity index (χ1v) is 9.55. The van der Waals surface area contributed by atoms with Gasteiger partial charge in [-0.2, -0.15) is 0 Å². The number of carbonyl (C=O) groups is 2. The van der Waals surface area contributed by atoms with Crippen molar-refractivity contribution in [3.8, 4) is 0 Å². The fraction of sp³-hybridized carbons (Fsp3) is 0.417. The molecule has 0 amide bonds. The number of hydrogen-bond acceptors (Lipinski definition) is 4. The Bertz CT molecular complexity index is 757. The maximum atomic E-state index is 12.3. The van der Waals surface area contributed by atoms with Crippen molar-refractivity contribution in [1.29, 1.82) is 0 Å². The van der Waals surface area contributed by atoms with Crippen LogP contribution in [0.1, 0.15) is 38.2 Å². The van der Waals surface area contributed by atoms with Gasteiger partial charge in [-0.3, -0.25) is 9.59 Å². The van der Waals surface area contributed by atoms with E-state index >= 15 is 0 Å². The van der Waals surface area contributed by atoms with Crippen LogP contribution in [0.2, 0.25) is 0 Å². The van der Waals surface area contributed by atoms with Gasteiger partial charge in [0.15, 0.2) is 5.41 Å². The average Bonchev–Trinajstić information content (AvgIpc) is 3.06. The van der Waals surface area contributed by atoms with Crippen molar-refractivity contribution in [3.05, 3.63) is 71.8 Å². The third kappa shape index (κ3) is 4.80. The molecule has 1 aliphatic carbocycles. The molecule has 1 atom stereocenters. The topological polar surface area (TPSA) is 52.6 Å². The fourth-order valence-electron chi connectivity index (χ4n) is 3.96. The van der Waals surface area contributed by atoms with Crippen LogP contribution in [-0.4, -0.2) is 26.2 Å². The number of methoxy groups -OCH3 is 2. The van der Waals surface area contributed by atoms with E-state index in [0.717, 1.165) is 30.4 Å². The van der Waals surface area contributed by atoms with E-state index in [0.29, 0.717) is 6.42 Å². The second-order valence-corrected chi connectivity index (χ2v) is 7.57. The Balaban J connectivity index is 1.98. The molecule has 1 aromatic rings. The predicted octanol–water partition coefficient (Wildman–Crippen LogP) is 4.81. The van der Waals surface area contributed by atoms with Crippen LogP contribution in [0.5, 0.6) is 0 Å². The lowest BCUT2D eigenvalue weighted by molar-refractivity contribution is -0.168. The molecule has 1 saturated carbocycles. The Kier molecular flexibility index (Phi) is 7.38. The highest BCUT2D eigenvalue weighted by Gasteiger charge is 2.55. The van der Waals surface area contributed by atoms with Gasteiger partial charge in [-0.15, -0.1) is 0 Å². The maximum Gasteiger partial charge on any atom is 0.323 e. The summed E-state index contributed by atoms with van der Waals surface area (Å²) in [5, 5.41) is 0. The highest BCUT2D eigenvalue weighted by Crippen LogP contribution is 2.49. The van der Waals surface area contributed by atoms with E-state index in [1.807, 2.05) is 18.2 Å². The van der Waals surface area contributed by atoms with Crippen molar-refractivity contribution in [1.82, 2.24) is 0 Å². The van der Waals surface area contributed by atoms with Gasteiger partial charge in [0, 0.05) is 5.92 Å². The van der Waals surface area contributed by atoms with Crippen molar-refractivity contribution in [3.63, 3.8) is 0 Å². The van der Waals surface area contributed by atoms with E-state index in [1.54, 1.807) is 0 Å². The van der Waals surface area contributed by atoms with E-state index in [1.165, 1.54) is 25.4 Å². The quantitative estimate of drug-likeness (QED) is 0.368. The largest absolute Gasteiger partial charge is 0.468 e. The first kappa shape index (κ1) is 21.7. The molecule has 1 unspecified atom stereocenters. The SMILES string of the molecule is C=C(CC/C=C(\C)Cc1ccccc1)C1CC(C(=O)OC)(C(=O)OC)CC1=C. The van der Waals surface area contributed by atoms with Gasteiger partial charge in [-0.1, -0.05) is 66.3 Å². The van der Waals surface area contributed by atoms with Gasteiger partial charge in [-0.05, 0) is 44.6 Å². The number of benzene rings is 1. The Hall–Kier alpha value is -2.62. The van der Waals surface area contributed by atoms with Crippen molar-refractivity contribution < 1.29 is 19.1 Å². The predicted molar refractivity (Wildman–Crippen MR) is 111 cm³/mol. The Morgan fingerprint density at radius 3 is 2.36 bits per heavy atom. The van der Waals surface area contributed by atoms with Crippen molar-refractivity contribution in [2.75, 3.05) is 14.2 Å². The summed E-state index contributed by atoms with van der Waals surface area (Å²) in [6.45, 7) is 10.4. The molecule has 1 aromatic carbocycles. The van der Waals surface area contributed by atoms with Gasteiger partial charge >= 0.3 is 11.9 Å². The minimum Gasteiger partial charge on any atom is -0.468 e. The lowest BCUT2D eigenvalue weighted by Gasteiger charge is -2.23. The van der Waals surface area contributed by atoms with Crippen LogP contribution in [0.4, 0.5) is 0 Å². The molecule has 28 heavy (non-hydrogen) atoms. The molecule has 0 aliphatic heterocycles. The summed E-state index contributed by atoms with van der Waals surface area (Å²) in [7, 11) is 2.58. The lowest BCUT2D eigenvalue weighted by atomic mass is 9.83. The lowest BCUT2D eigenvalue weighted by Crippen LogP contribution is -2.39. The second-order valence-electron chi connectivity index (χ2n) is 7.57. The fourth-order valence-corrected chi connectivity index (χ4v) is 3.96. The van der Waals surface area contributed by atoms with E-state index < -0.39 is 17.4 Å². The number of esters is 2. The average molecular weight is 383 g/mol. The van der Waals surface area contributed by atoms with Crippen molar-refractivity contribution in [2.24, 2.45) is 11.3 Å². The van der Waals surface area contributed by atoms with Gasteiger partial charge in [0.1, 0.15) is 0 Å². The Morgan fingerprint density at radius 2 is 1.79 bits per heavy atom. The number of hydrogen-bond donors (Lipinski definition) is 0. The number of allylic oxidation sites excluding steroid dienone is 4. The summed E-state index contributed by atoms with van der Waals surface area (Å²) in [6.07, 6.45) is 5.37. The third-order valence-corrected chi connectivity index (χ3v) is 5.50. The summed E-state index contributed by atoms with van der Waals surface area (Å²) >= 11 is 0. The zero-order valence-corrected chi connectivity index (χ0v) is 17.1. The number of rotatable bonds is 8. The zero-order valence-electron chi connectivity index (χ0n) is 17.1. The van der Waals surface area contributed by atoms with Crippen LogP contribution in [0.15, 0.2) is 66.3 Å². The van der Waals surface area contributed by atoms with Gasteiger partial charge < -0.3 is 9.47 Å². The van der Waals surface area contributed by atoms with Gasteiger partial charge in [0.25, 0.3) is 0 Å². The third-order valence-electron chi connectivity index (χ3n) is 5.50. The summed E-state index contributed by atoms with van der Waals surface area (Å²) < 4.78 is 9.77. The van der Waals surface area contributed by atoms with E-state index in [-0.39, 0.29) is 12.3 Å². The molecule has 0 bridgehead atoms. The maximum absolute atomic E-state index is 12.3. The van der Waals surface area contributed by atoms with Crippen molar-refractivity contribution >= 4 is 11.9 Å². The first-order chi connectivity index (χ1) is 13.3. The highest BCUT2D eigenvalue weighted by atomic mass is 16.5. The molecule has 0 N–H and O–H groups in total. The summed E-state index contributed by atoms with van der Waals surface area (Å²) in [4.78, 5) is 24.6. The first-order valence-electron chi connectivity index (χ1n) is 9.55. The molecule has 1 aliphatic rings. The molecule has 0 saturated heterocycles. The van der Waals surface area contributed by atoms with Crippen molar-refractivity contribution in [2.45, 2.75) is 39.0 Å². The molecule has 1 fully saturated rings. The molecule has 4 heteroatoms. The van der Waals surface area contributed by atoms with Crippen LogP contribution in [0.25, 0.3) is 0 Å². The summed E-state index contributed by atoms with van der Waals surface area (Å²) in [5.74, 6) is -1.20. The number of carbonyl (C=O) groups excluding carboxylic acids is 2. The minimum atomic E-state index is -1.30. The Morgan fingerprint density at radius 1 is 1.18 bits per heavy atom. The summed E-state index contributed by atoms with van der Waals surface area (Å²) in [6, 6.07) is 10.4. The van der Waals surface area contributed by atoms with Crippen LogP contribution in [0.3, 0.4) is 0 Å². The molecule has 4 nitrogen and oxygen atoms in total. The van der Waals surface area contributed by atoms with E-state index in [2.05, 4.69) is 38.3 Å². The zero-order chi connectivity index (χ0) is 20.7.